The first-order valence-corrected chi connectivity index (χ1v) is 11.3. The average molecular weight is 415 g/mol. The molecule has 3 aliphatic rings. The van der Waals surface area contributed by atoms with Crippen LogP contribution in [0.3, 0.4) is 0 Å². The lowest BCUT2D eigenvalue weighted by Crippen LogP contribution is -2.49. The number of carbonyl (C=O) groups is 2. The fourth-order valence-electron chi connectivity index (χ4n) is 5.34. The van der Waals surface area contributed by atoms with E-state index in [-0.39, 0.29) is 29.4 Å². The second kappa shape index (κ2) is 8.58. The van der Waals surface area contributed by atoms with Crippen molar-refractivity contribution in [1.29, 1.82) is 0 Å². The first-order valence-electron chi connectivity index (χ1n) is 11.3. The van der Waals surface area contributed by atoms with Crippen LogP contribution in [0.4, 0.5) is 0 Å². The number of benzene rings is 1. The summed E-state index contributed by atoms with van der Waals surface area (Å²) in [6.45, 7) is 7.00. The van der Waals surface area contributed by atoms with Crippen molar-refractivity contribution in [3.05, 3.63) is 29.8 Å². The molecule has 6 nitrogen and oxygen atoms in total. The number of hydrogen-bond donors (Lipinski definition) is 0. The van der Waals surface area contributed by atoms with E-state index < -0.39 is 0 Å². The van der Waals surface area contributed by atoms with Gasteiger partial charge in [0.25, 0.3) is 0 Å². The van der Waals surface area contributed by atoms with Gasteiger partial charge in [-0.05, 0) is 56.6 Å². The minimum absolute atomic E-state index is 0.107. The standard InChI is InChI=1S/C24H34N2O4/c1-17-15-26(16-18(2)30-17)23(28)20-14-24(20)10-12-25(13-11-24)22(27)9-8-19-6-4-5-7-21(19)29-3/h4-7,17-18,20H,8-16H2,1-3H3/t17-,18+,20-/m0/s1. The van der Waals surface area contributed by atoms with Crippen molar-refractivity contribution in [2.45, 2.75) is 58.2 Å². The third-order valence-electron chi connectivity index (χ3n) is 7.13. The van der Waals surface area contributed by atoms with Gasteiger partial charge in [-0.25, -0.2) is 0 Å². The molecule has 30 heavy (non-hydrogen) atoms. The molecule has 1 aliphatic carbocycles. The quantitative estimate of drug-likeness (QED) is 0.743. The summed E-state index contributed by atoms with van der Waals surface area (Å²) in [6.07, 6.45) is 4.27. The summed E-state index contributed by atoms with van der Waals surface area (Å²) < 4.78 is 11.2. The zero-order chi connectivity index (χ0) is 21.3. The predicted octanol–water partition coefficient (Wildman–Crippen LogP) is 2.89. The summed E-state index contributed by atoms with van der Waals surface area (Å²) in [7, 11) is 1.66. The van der Waals surface area contributed by atoms with Crippen LogP contribution in [-0.2, 0) is 20.7 Å². The number of para-hydroxylation sites is 1. The van der Waals surface area contributed by atoms with Gasteiger partial charge in [0.15, 0.2) is 0 Å². The highest BCUT2D eigenvalue weighted by atomic mass is 16.5. The van der Waals surface area contributed by atoms with E-state index in [1.165, 1.54) is 0 Å². The Morgan fingerprint density at radius 3 is 2.43 bits per heavy atom. The highest BCUT2D eigenvalue weighted by Gasteiger charge is 2.59. The normalized spacial score (nSPS) is 27.8. The second-order valence-electron chi connectivity index (χ2n) is 9.31. The van der Waals surface area contributed by atoms with Gasteiger partial charge in [-0.15, -0.1) is 0 Å². The molecular weight excluding hydrogens is 380 g/mol. The number of nitrogens with zero attached hydrogens (tertiary/aromatic N) is 2. The molecule has 1 aromatic rings. The summed E-state index contributed by atoms with van der Waals surface area (Å²) in [5, 5.41) is 0. The lowest BCUT2D eigenvalue weighted by Gasteiger charge is -2.37. The predicted molar refractivity (Wildman–Crippen MR) is 114 cm³/mol. The van der Waals surface area contributed by atoms with E-state index in [2.05, 4.69) is 0 Å². The van der Waals surface area contributed by atoms with E-state index in [1.807, 2.05) is 47.9 Å². The van der Waals surface area contributed by atoms with Gasteiger partial charge in [0.1, 0.15) is 5.75 Å². The molecule has 0 radical (unpaired) electrons. The molecular formula is C24H34N2O4. The SMILES string of the molecule is COc1ccccc1CCC(=O)N1CCC2(CC1)C[C@H]2C(=O)N1C[C@@H](C)O[C@@H](C)C1. The monoisotopic (exact) mass is 414 g/mol. The van der Waals surface area contributed by atoms with Gasteiger partial charge in [-0.3, -0.25) is 9.59 Å². The number of likely N-dealkylation sites (tertiary alicyclic amines) is 1. The van der Waals surface area contributed by atoms with Crippen LogP contribution in [0.2, 0.25) is 0 Å². The van der Waals surface area contributed by atoms with Gasteiger partial charge in [0.05, 0.1) is 19.3 Å². The fraction of sp³-hybridized carbons (Fsp3) is 0.667. The van der Waals surface area contributed by atoms with Crippen LogP contribution in [0.25, 0.3) is 0 Å². The molecule has 1 spiro atoms. The van der Waals surface area contributed by atoms with Crippen LogP contribution in [0.5, 0.6) is 5.75 Å². The molecule has 3 atom stereocenters. The Kier molecular flexibility index (Phi) is 6.05. The van der Waals surface area contributed by atoms with Crippen molar-refractivity contribution in [3.8, 4) is 5.75 Å². The molecule has 3 fully saturated rings. The summed E-state index contributed by atoms with van der Waals surface area (Å²) in [6, 6.07) is 7.88. The van der Waals surface area contributed by atoms with Crippen molar-refractivity contribution in [2.75, 3.05) is 33.3 Å². The second-order valence-corrected chi connectivity index (χ2v) is 9.31. The molecule has 0 unspecified atom stereocenters. The molecule has 0 bridgehead atoms. The molecule has 0 N–H and O–H groups in total. The summed E-state index contributed by atoms with van der Waals surface area (Å²) in [5.41, 5.74) is 1.20. The highest BCUT2D eigenvalue weighted by Crippen LogP contribution is 2.60. The lowest BCUT2D eigenvalue weighted by atomic mass is 9.90. The van der Waals surface area contributed by atoms with E-state index in [9.17, 15) is 9.59 Å². The van der Waals surface area contributed by atoms with Crippen LogP contribution in [0.15, 0.2) is 24.3 Å². The number of methoxy groups -OCH3 is 1. The van der Waals surface area contributed by atoms with Gasteiger partial charge in [0.2, 0.25) is 11.8 Å². The van der Waals surface area contributed by atoms with Crippen LogP contribution in [-0.4, -0.2) is 67.1 Å². The number of hydrogen-bond acceptors (Lipinski definition) is 4. The molecule has 4 rings (SSSR count). The Morgan fingerprint density at radius 2 is 1.77 bits per heavy atom. The van der Waals surface area contributed by atoms with E-state index in [1.54, 1.807) is 7.11 Å². The maximum absolute atomic E-state index is 13.0. The minimum atomic E-state index is 0.107. The molecule has 2 aliphatic heterocycles. The van der Waals surface area contributed by atoms with Crippen molar-refractivity contribution >= 4 is 11.8 Å². The number of piperidine rings is 1. The summed E-state index contributed by atoms with van der Waals surface area (Å²) in [5.74, 6) is 1.48. The number of carbonyl (C=O) groups excluding carboxylic acids is 2. The number of rotatable bonds is 5. The van der Waals surface area contributed by atoms with Gasteiger partial charge < -0.3 is 19.3 Å². The largest absolute Gasteiger partial charge is 0.496 e. The first-order chi connectivity index (χ1) is 14.4. The zero-order valence-corrected chi connectivity index (χ0v) is 18.4. The zero-order valence-electron chi connectivity index (χ0n) is 18.4. The number of ether oxygens (including phenoxy) is 2. The third kappa shape index (κ3) is 4.34. The van der Waals surface area contributed by atoms with E-state index >= 15 is 0 Å². The highest BCUT2D eigenvalue weighted by molar-refractivity contribution is 5.83. The minimum Gasteiger partial charge on any atom is -0.496 e. The van der Waals surface area contributed by atoms with E-state index in [0.29, 0.717) is 31.8 Å². The first kappa shape index (κ1) is 21.2. The Labute approximate surface area is 179 Å². The third-order valence-corrected chi connectivity index (χ3v) is 7.13. The Balaban J connectivity index is 1.26. The van der Waals surface area contributed by atoms with Crippen LogP contribution >= 0.6 is 0 Å². The van der Waals surface area contributed by atoms with Gasteiger partial charge in [-0.1, -0.05) is 18.2 Å². The van der Waals surface area contributed by atoms with Crippen LogP contribution < -0.4 is 4.74 Å². The van der Waals surface area contributed by atoms with Crippen molar-refractivity contribution in [3.63, 3.8) is 0 Å². The van der Waals surface area contributed by atoms with Gasteiger partial charge in [0, 0.05) is 38.5 Å². The molecule has 2 heterocycles. The van der Waals surface area contributed by atoms with E-state index in [0.717, 1.165) is 43.7 Å². The Bertz CT molecular complexity index is 777. The number of morpholine rings is 1. The topological polar surface area (TPSA) is 59.1 Å². The number of aryl methyl sites for hydroxylation is 1. The molecule has 2 amide bonds. The molecule has 1 aromatic carbocycles. The molecule has 2 saturated heterocycles. The van der Waals surface area contributed by atoms with Crippen molar-refractivity contribution in [2.24, 2.45) is 11.3 Å². The molecule has 6 heteroatoms. The average Bonchev–Trinajstić information content (AvgIpc) is 3.44. The maximum Gasteiger partial charge on any atom is 0.226 e. The molecule has 0 aromatic heterocycles. The van der Waals surface area contributed by atoms with Crippen molar-refractivity contribution < 1.29 is 19.1 Å². The fourth-order valence-corrected chi connectivity index (χ4v) is 5.34. The van der Waals surface area contributed by atoms with Gasteiger partial charge >= 0.3 is 0 Å². The number of amides is 2. The summed E-state index contributed by atoms with van der Waals surface area (Å²) in [4.78, 5) is 29.8. The lowest BCUT2D eigenvalue weighted by molar-refractivity contribution is -0.145. The molecule has 1 saturated carbocycles. The van der Waals surface area contributed by atoms with Crippen LogP contribution in [0, 0.1) is 11.3 Å². The van der Waals surface area contributed by atoms with Crippen molar-refractivity contribution in [1.82, 2.24) is 9.80 Å². The Morgan fingerprint density at radius 1 is 1.10 bits per heavy atom. The summed E-state index contributed by atoms with van der Waals surface area (Å²) >= 11 is 0. The smallest absolute Gasteiger partial charge is 0.226 e. The van der Waals surface area contributed by atoms with Gasteiger partial charge in [-0.2, -0.15) is 0 Å². The Hall–Kier alpha value is -2.08. The maximum atomic E-state index is 13.0. The molecule has 164 valence electrons. The van der Waals surface area contributed by atoms with Crippen LogP contribution in [0.1, 0.15) is 45.1 Å². The van der Waals surface area contributed by atoms with E-state index in [4.69, 9.17) is 9.47 Å².